The molecule has 2 aliphatic rings. The highest BCUT2D eigenvalue weighted by atomic mass is 16.1. The molecule has 3 N–H and O–H groups in total. The predicted octanol–water partition coefficient (Wildman–Crippen LogP) is 4.38. The van der Waals surface area contributed by atoms with Gasteiger partial charge in [-0.25, -0.2) is 0 Å². The standard InChI is InChI=1S/C31H39N5O2/c1-19(2)36-18-21(4)29-26(30(37)33-17-27-20(3)14-22(5)34-31(27)38)15-24(16-28(29)36)23-6-8-25(9-7-23)35-12-10-32-11-13-35/h6-8,14-16,18-19,25,32H,9-13,17H2,1-5H3,(H,33,37)(H,34,38). The summed E-state index contributed by atoms with van der Waals surface area (Å²) in [6, 6.07) is 6.85. The minimum atomic E-state index is -0.167. The van der Waals surface area contributed by atoms with E-state index in [-0.39, 0.29) is 24.1 Å². The Kier molecular flexibility index (Phi) is 7.41. The number of nitrogens with one attached hydrogen (secondary N) is 3. The zero-order valence-corrected chi connectivity index (χ0v) is 23.1. The van der Waals surface area contributed by atoms with Crippen LogP contribution < -0.4 is 16.2 Å². The highest BCUT2D eigenvalue weighted by Crippen LogP contribution is 2.33. The van der Waals surface area contributed by atoms with Crippen LogP contribution in [0.4, 0.5) is 0 Å². The smallest absolute Gasteiger partial charge is 0.253 e. The maximum atomic E-state index is 13.7. The molecule has 2 aromatic heterocycles. The van der Waals surface area contributed by atoms with E-state index in [2.05, 4.69) is 76.3 Å². The van der Waals surface area contributed by atoms with Crippen LogP contribution in [-0.2, 0) is 6.54 Å². The first-order valence-corrected chi connectivity index (χ1v) is 13.7. The molecule has 1 aliphatic heterocycles. The monoisotopic (exact) mass is 513 g/mol. The number of H-pyrrole nitrogens is 1. The molecule has 1 amide bonds. The van der Waals surface area contributed by atoms with Crippen LogP contribution in [0, 0.1) is 20.8 Å². The number of hydrogen-bond donors (Lipinski definition) is 3. The van der Waals surface area contributed by atoms with Gasteiger partial charge in [-0.05, 0) is 81.5 Å². The van der Waals surface area contributed by atoms with E-state index in [1.807, 2.05) is 26.0 Å². The number of allylic oxidation sites excluding steroid dienone is 2. The number of nitrogens with zero attached hydrogens (tertiary/aromatic N) is 2. The van der Waals surface area contributed by atoms with Crippen LogP contribution in [0.3, 0.4) is 0 Å². The van der Waals surface area contributed by atoms with E-state index in [4.69, 9.17) is 0 Å². The molecule has 1 atom stereocenters. The molecule has 7 heteroatoms. The number of pyridine rings is 1. The summed E-state index contributed by atoms with van der Waals surface area (Å²) >= 11 is 0. The molecule has 3 heterocycles. The fourth-order valence-electron chi connectivity index (χ4n) is 5.83. The van der Waals surface area contributed by atoms with Crippen LogP contribution in [0.1, 0.15) is 64.6 Å². The summed E-state index contributed by atoms with van der Waals surface area (Å²) in [6.07, 6.45) is 9.93. The molecular weight excluding hydrogens is 474 g/mol. The highest BCUT2D eigenvalue weighted by molar-refractivity contribution is 6.09. The van der Waals surface area contributed by atoms with Crippen LogP contribution in [0.25, 0.3) is 16.5 Å². The van der Waals surface area contributed by atoms with Crippen molar-refractivity contribution in [1.82, 2.24) is 25.1 Å². The molecule has 1 aromatic carbocycles. The average molecular weight is 514 g/mol. The molecule has 0 bridgehead atoms. The van der Waals surface area contributed by atoms with E-state index < -0.39 is 0 Å². The third-order valence-corrected chi connectivity index (χ3v) is 7.87. The number of aryl methyl sites for hydroxylation is 3. The van der Waals surface area contributed by atoms with Crippen molar-refractivity contribution in [1.29, 1.82) is 0 Å². The number of fused-ring (bicyclic) bond motifs is 1. The number of benzene rings is 1. The SMILES string of the molecule is Cc1cc(C)c(CNC(=O)c2cc(C3=CCC(N4CCNCC4)C=C3)cc3c2c(C)cn3C(C)C)c(=O)[nH]1. The second-order valence-electron chi connectivity index (χ2n) is 11.0. The highest BCUT2D eigenvalue weighted by Gasteiger charge is 2.22. The van der Waals surface area contributed by atoms with Gasteiger partial charge in [-0.2, -0.15) is 0 Å². The van der Waals surface area contributed by atoms with Gasteiger partial charge >= 0.3 is 0 Å². The van der Waals surface area contributed by atoms with Gasteiger partial charge in [0.25, 0.3) is 11.5 Å². The predicted molar refractivity (Wildman–Crippen MR) is 155 cm³/mol. The van der Waals surface area contributed by atoms with Crippen LogP contribution in [0.5, 0.6) is 0 Å². The summed E-state index contributed by atoms with van der Waals surface area (Å²) in [4.78, 5) is 31.6. The van der Waals surface area contributed by atoms with Gasteiger partial charge in [0.15, 0.2) is 0 Å². The number of carbonyl (C=O) groups is 1. The van der Waals surface area contributed by atoms with E-state index in [1.165, 1.54) is 0 Å². The number of piperazine rings is 1. The van der Waals surface area contributed by atoms with Crippen molar-refractivity contribution in [2.45, 2.75) is 59.7 Å². The third kappa shape index (κ3) is 5.13. The fourth-order valence-corrected chi connectivity index (χ4v) is 5.83. The van der Waals surface area contributed by atoms with E-state index >= 15 is 0 Å². The Balaban J connectivity index is 1.48. The van der Waals surface area contributed by atoms with Crippen LogP contribution in [0.2, 0.25) is 0 Å². The van der Waals surface area contributed by atoms with Crippen LogP contribution in [-0.4, -0.2) is 52.6 Å². The Morgan fingerprint density at radius 3 is 2.53 bits per heavy atom. The fraction of sp³-hybridized carbons (Fsp3) is 0.419. The summed E-state index contributed by atoms with van der Waals surface area (Å²) in [5.74, 6) is -0.167. The Bertz CT molecular complexity index is 1480. The van der Waals surface area contributed by atoms with Crippen molar-refractivity contribution in [2.75, 3.05) is 26.2 Å². The van der Waals surface area contributed by atoms with Gasteiger partial charge in [0.1, 0.15) is 0 Å². The maximum absolute atomic E-state index is 13.7. The van der Waals surface area contributed by atoms with Crippen molar-refractivity contribution in [2.24, 2.45) is 0 Å². The Hall–Kier alpha value is -3.42. The normalized spacial score (nSPS) is 18.3. The third-order valence-electron chi connectivity index (χ3n) is 7.87. The van der Waals surface area contributed by atoms with Crippen molar-refractivity contribution in [3.63, 3.8) is 0 Å². The summed E-state index contributed by atoms with van der Waals surface area (Å²) in [7, 11) is 0. The van der Waals surface area contributed by atoms with Gasteiger partial charge in [-0.1, -0.05) is 18.2 Å². The summed E-state index contributed by atoms with van der Waals surface area (Å²) in [6.45, 7) is 14.6. The molecule has 7 nitrogen and oxygen atoms in total. The number of rotatable bonds is 6. The van der Waals surface area contributed by atoms with Gasteiger partial charge in [-0.15, -0.1) is 0 Å². The largest absolute Gasteiger partial charge is 0.348 e. The molecule has 0 saturated carbocycles. The first kappa shape index (κ1) is 26.2. The van der Waals surface area contributed by atoms with E-state index in [0.29, 0.717) is 17.2 Å². The zero-order chi connectivity index (χ0) is 27.0. The lowest BCUT2D eigenvalue weighted by Gasteiger charge is -2.34. The lowest BCUT2D eigenvalue weighted by Crippen LogP contribution is -2.47. The maximum Gasteiger partial charge on any atom is 0.253 e. The summed E-state index contributed by atoms with van der Waals surface area (Å²) in [5, 5.41) is 7.43. The molecule has 1 saturated heterocycles. The van der Waals surface area contributed by atoms with Crippen molar-refractivity contribution < 1.29 is 4.79 Å². The minimum Gasteiger partial charge on any atom is -0.348 e. The molecule has 0 spiro atoms. The Labute approximate surface area is 224 Å². The Morgan fingerprint density at radius 1 is 1.11 bits per heavy atom. The number of aromatic amines is 1. The lowest BCUT2D eigenvalue weighted by atomic mass is 9.93. The van der Waals surface area contributed by atoms with E-state index in [0.717, 1.165) is 71.5 Å². The van der Waals surface area contributed by atoms with Crippen molar-refractivity contribution in [3.05, 3.63) is 86.5 Å². The quantitative estimate of drug-likeness (QED) is 0.457. The van der Waals surface area contributed by atoms with Crippen molar-refractivity contribution in [3.8, 4) is 0 Å². The molecule has 1 unspecified atom stereocenters. The van der Waals surface area contributed by atoms with E-state index in [1.54, 1.807) is 0 Å². The minimum absolute atomic E-state index is 0.152. The second-order valence-corrected chi connectivity index (χ2v) is 11.0. The summed E-state index contributed by atoms with van der Waals surface area (Å²) < 4.78 is 2.25. The van der Waals surface area contributed by atoms with Gasteiger partial charge in [-0.3, -0.25) is 14.5 Å². The average Bonchev–Trinajstić information content (AvgIpc) is 3.24. The molecule has 200 valence electrons. The van der Waals surface area contributed by atoms with Gasteiger partial charge in [0, 0.05) is 78.7 Å². The van der Waals surface area contributed by atoms with Gasteiger partial charge in [0.05, 0.1) is 0 Å². The van der Waals surface area contributed by atoms with Gasteiger partial charge < -0.3 is 20.2 Å². The lowest BCUT2D eigenvalue weighted by molar-refractivity contribution is 0.0952. The number of hydrogen-bond acceptors (Lipinski definition) is 4. The van der Waals surface area contributed by atoms with Crippen LogP contribution in [0.15, 0.2) is 47.4 Å². The van der Waals surface area contributed by atoms with Crippen LogP contribution >= 0.6 is 0 Å². The molecule has 0 radical (unpaired) electrons. The first-order valence-electron chi connectivity index (χ1n) is 13.7. The molecule has 5 rings (SSSR count). The molecular formula is C31H39N5O2. The molecule has 1 aliphatic carbocycles. The number of amides is 1. The van der Waals surface area contributed by atoms with Crippen molar-refractivity contribution >= 4 is 22.4 Å². The van der Waals surface area contributed by atoms with Gasteiger partial charge in [0.2, 0.25) is 0 Å². The zero-order valence-electron chi connectivity index (χ0n) is 23.1. The second kappa shape index (κ2) is 10.8. The Morgan fingerprint density at radius 2 is 1.87 bits per heavy atom. The number of aromatic nitrogens is 2. The summed E-state index contributed by atoms with van der Waals surface area (Å²) in [5.41, 5.74) is 7.10. The topological polar surface area (TPSA) is 82.2 Å². The molecule has 38 heavy (non-hydrogen) atoms. The molecule has 1 fully saturated rings. The number of carbonyl (C=O) groups excluding carboxylic acids is 1. The first-order chi connectivity index (χ1) is 18.2. The van der Waals surface area contributed by atoms with E-state index in [9.17, 15) is 9.59 Å². The molecule has 3 aromatic rings.